The number of rotatable bonds is 4. The minimum atomic E-state index is 0.00414. The van der Waals surface area contributed by atoms with Gasteiger partial charge in [0.15, 0.2) is 0 Å². The Morgan fingerprint density at radius 1 is 1.39 bits per heavy atom. The SMILES string of the molecule is Cc1cc(C)c(CO)c(N(C)Cc2ccoc2)n1. The van der Waals surface area contributed by atoms with Gasteiger partial charge >= 0.3 is 0 Å². The number of aryl methyl sites for hydroxylation is 2. The van der Waals surface area contributed by atoms with Crippen molar-refractivity contribution in [3.63, 3.8) is 0 Å². The van der Waals surface area contributed by atoms with Crippen LogP contribution < -0.4 is 4.90 Å². The van der Waals surface area contributed by atoms with E-state index in [1.807, 2.05) is 37.9 Å². The zero-order valence-corrected chi connectivity index (χ0v) is 11.0. The Bertz CT molecular complexity index is 521. The third-order valence-electron chi connectivity index (χ3n) is 2.97. The van der Waals surface area contributed by atoms with Crippen LogP contribution in [-0.2, 0) is 13.2 Å². The molecule has 2 aromatic heterocycles. The predicted octanol–water partition coefficient (Wildman–Crippen LogP) is 2.42. The van der Waals surface area contributed by atoms with Gasteiger partial charge in [0, 0.05) is 30.4 Å². The van der Waals surface area contributed by atoms with Gasteiger partial charge in [-0.15, -0.1) is 0 Å². The summed E-state index contributed by atoms with van der Waals surface area (Å²) in [7, 11) is 1.97. The Kier molecular flexibility index (Phi) is 3.67. The van der Waals surface area contributed by atoms with Crippen molar-refractivity contribution < 1.29 is 9.52 Å². The number of hydrogen-bond acceptors (Lipinski definition) is 4. The summed E-state index contributed by atoms with van der Waals surface area (Å²) in [5, 5.41) is 9.48. The molecule has 4 heteroatoms. The molecule has 0 aliphatic carbocycles. The Balaban J connectivity index is 2.31. The molecule has 1 N–H and O–H groups in total. The Morgan fingerprint density at radius 3 is 2.78 bits per heavy atom. The molecule has 0 saturated heterocycles. The van der Waals surface area contributed by atoms with E-state index in [4.69, 9.17) is 4.42 Å². The molecule has 0 atom stereocenters. The van der Waals surface area contributed by atoms with Crippen LogP contribution >= 0.6 is 0 Å². The standard InChI is InChI=1S/C14H18N2O2/c1-10-6-11(2)15-14(13(10)8-17)16(3)7-12-4-5-18-9-12/h4-6,9,17H,7-8H2,1-3H3. The minimum absolute atomic E-state index is 0.00414. The lowest BCUT2D eigenvalue weighted by atomic mass is 10.1. The van der Waals surface area contributed by atoms with E-state index < -0.39 is 0 Å². The second-order valence-electron chi connectivity index (χ2n) is 4.53. The highest BCUT2D eigenvalue weighted by Gasteiger charge is 2.12. The maximum absolute atomic E-state index is 9.48. The first-order valence-electron chi connectivity index (χ1n) is 5.92. The van der Waals surface area contributed by atoms with Gasteiger partial charge in [0.2, 0.25) is 0 Å². The topological polar surface area (TPSA) is 49.5 Å². The van der Waals surface area contributed by atoms with Gasteiger partial charge in [-0.25, -0.2) is 4.98 Å². The molecule has 2 rings (SSSR count). The third kappa shape index (κ3) is 2.54. The molecule has 0 saturated carbocycles. The number of anilines is 1. The first-order chi connectivity index (χ1) is 8.61. The number of furan rings is 1. The molecular weight excluding hydrogens is 228 g/mol. The van der Waals surface area contributed by atoms with Gasteiger partial charge in [0.05, 0.1) is 19.1 Å². The first kappa shape index (κ1) is 12.6. The number of nitrogens with zero attached hydrogens (tertiary/aromatic N) is 2. The van der Waals surface area contributed by atoms with Crippen molar-refractivity contribution in [1.29, 1.82) is 0 Å². The average molecular weight is 246 g/mol. The van der Waals surface area contributed by atoms with Crippen LogP contribution in [0.2, 0.25) is 0 Å². The van der Waals surface area contributed by atoms with Crippen LogP contribution in [0.1, 0.15) is 22.4 Å². The number of pyridine rings is 1. The molecule has 2 aromatic rings. The Morgan fingerprint density at radius 2 is 2.17 bits per heavy atom. The van der Waals surface area contributed by atoms with Gasteiger partial charge in [-0.05, 0) is 31.5 Å². The first-order valence-corrected chi connectivity index (χ1v) is 5.92. The largest absolute Gasteiger partial charge is 0.472 e. The van der Waals surface area contributed by atoms with Crippen molar-refractivity contribution in [2.45, 2.75) is 27.0 Å². The van der Waals surface area contributed by atoms with E-state index >= 15 is 0 Å². The minimum Gasteiger partial charge on any atom is -0.472 e. The van der Waals surface area contributed by atoms with Gasteiger partial charge in [0.1, 0.15) is 5.82 Å². The highest BCUT2D eigenvalue weighted by molar-refractivity contribution is 5.51. The van der Waals surface area contributed by atoms with E-state index in [1.54, 1.807) is 12.5 Å². The molecule has 4 nitrogen and oxygen atoms in total. The summed E-state index contributed by atoms with van der Waals surface area (Å²) in [6.45, 7) is 4.67. The van der Waals surface area contributed by atoms with Gasteiger partial charge in [0.25, 0.3) is 0 Å². The molecule has 0 unspecified atom stereocenters. The summed E-state index contributed by atoms with van der Waals surface area (Å²) in [5.74, 6) is 0.830. The maximum atomic E-state index is 9.48. The number of aliphatic hydroxyl groups excluding tert-OH is 1. The summed E-state index contributed by atoms with van der Waals surface area (Å²) in [5.41, 5.74) is 3.99. The van der Waals surface area contributed by atoms with Crippen molar-refractivity contribution in [2.24, 2.45) is 0 Å². The number of aromatic nitrogens is 1. The van der Waals surface area contributed by atoms with Crippen LogP contribution in [0.15, 0.2) is 29.1 Å². The van der Waals surface area contributed by atoms with Crippen molar-refractivity contribution >= 4 is 5.82 Å². The second kappa shape index (κ2) is 5.23. The maximum Gasteiger partial charge on any atom is 0.134 e. The van der Waals surface area contributed by atoms with Gasteiger partial charge < -0.3 is 14.4 Å². The van der Waals surface area contributed by atoms with Crippen molar-refractivity contribution in [3.8, 4) is 0 Å². The molecule has 0 amide bonds. The van der Waals surface area contributed by atoms with Crippen molar-refractivity contribution in [1.82, 2.24) is 4.98 Å². The molecule has 0 radical (unpaired) electrons. The van der Waals surface area contributed by atoms with E-state index in [-0.39, 0.29) is 6.61 Å². The summed E-state index contributed by atoms with van der Waals surface area (Å²) >= 11 is 0. The van der Waals surface area contributed by atoms with E-state index in [1.165, 1.54) is 0 Å². The fourth-order valence-electron chi connectivity index (χ4n) is 2.09. The lowest BCUT2D eigenvalue weighted by molar-refractivity contribution is 0.281. The lowest BCUT2D eigenvalue weighted by Gasteiger charge is -2.21. The van der Waals surface area contributed by atoms with E-state index in [9.17, 15) is 5.11 Å². The van der Waals surface area contributed by atoms with Gasteiger partial charge in [-0.3, -0.25) is 0 Å². The smallest absolute Gasteiger partial charge is 0.134 e. The fraction of sp³-hybridized carbons (Fsp3) is 0.357. The van der Waals surface area contributed by atoms with Gasteiger partial charge in [-0.2, -0.15) is 0 Å². The van der Waals surface area contributed by atoms with E-state index in [0.717, 1.165) is 28.2 Å². The van der Waals surface area contributed by atoms with Crippen LogP contribution in [0, 0.1) is 13.8 Å². The molecule has 0 fully saturated rings. The molecule has 0 bridgehead atoms. The van der Waals surface area contributed by atoms with Crippen LogP contribution in [0.4, 0.5) is 5.82 Å². The van der Waals surface area contributed by atoms with E-state index in [0.29, 0.717) is 6.54 Å². The molecule has 0 aliphatic heterocycles. The van der Waals surface area contributed by atoms with Crippen LogP contribution in [0.3, 0.4) is 0 Å². The Hall–Kier alpha value is -1.81. The molecule has 0 aromatic carbocycles. The van der Waals surface area contributed by atoms with Crippen molar-refractivity contribution in [2.75, 3.05) is 11.9 Å². The summed E-state index contributed by atoms with van der Waals surface area (Å²) < 4.78 is 5.06. The highest BCUT2D eigenvalue weighted by atomic mass is 16.3. The quantitative estimate of drug-likeness (QED) is 0.900. The molecule has 18 heavy (non-hydrogen) atoms. The molecule has 0 aliphatic rings. The number of hydrogen-bond donors (Lipinski definition) is 1. The number of aliphatic hydroxyl groups is 1. The van der Waals surface area contributed by atoms with Crippen LogP contribution in [0.5, 0.6) is 0 Å². The zero-order chi connectivity index (χ0) is 13.1. The van der Waals surface area contributed by atoms with Gasteiger partial charge in [-0.1, -0.05) is 0 Å². The van der Waals surface area contributed by atoms with Crippen LogP contribution in [0.25, 0.3) is 0 Å². The Labute approximate surface area is 107 Å². The zero-order valence-electron chi connectivity index (χ0n) is 11.0. The molecular formula is C14H18N2O2. The highest BCUT2D eigenvalue weighted by Crippen LogP contribution is 2.23. The summed E-state index contributed by atoms with van der Waals surface area (Å²) in [4.78, 5) is 6.54. The lowest BCUT2D eigenvalue weighted by Crippen LogP contribution is -2.20. The van der Waals surface area contributed by atoms with Crippen LogP contribution in [-0.4, -0.2) is 17.1 Å². The monoisotopic (exact) mass is 246 g/mol. The summed E-state index contributed by atoms with van der Waals surface area (Å²) in [6.07, 6.45) is 3.38. The summed E-state index contributed by atoms with van der Waals surface area (Å²) in [6, 6.07) is 3.92. The van der Waals surface area contributed by atoms with Crippen molar-refractivity contribution in [3.05, 3.63) is 47.0 Å². The average Bonchev–Trinajstić information content (AvgIpc) is 2.80. The molecule has 2 heterocycles. The fourth-order valence-corrected chi connectivity index (χ4v) is 2.09. The predicted molar refractivity (Wildman–Crippen MR) is 70.4 cm³/mol. The molecule has 96 valence electrons. The third-order valence-corrected chi connectivity index (χ3v) is 2.97. The second-order valence-corrected chi connectivity index (χ2v) is 4.53. The normalized spacial score (nSPS) is 10.7. The molecule has 0 spiro atoms. The van der Waals surface area contributed by atoms with E-state index in [2.05, 4.69) is 4.98 Å².